The monoisotopic (exact) mass is 251 g/mol. The predicted molar refractivity (Wildman–Crippen MR) is 68.3 cm³/mol. The van der Waals surface area contributed by atoms with Crippen molar-refractivity contribution in [3.8, 4) is 0 Å². The number of aromatic amines is 1. The molecular formula is C13H21N3O2. The molecule has 0 spiro atoms. The third-order valence-electron chi connectivity index (χ3n) is 3.20. The fourth-order valence-corrected chi connectivity index (χ4v) is 2.17. The van der Waals surface area contributed by atoms with Crippen LogP contribution in [0.5, 0.6) is 0 Å². The number of amides is 1. The van der Waals surface area contributed by atoms with Crippen LogP contribution in [-0.4, -0.2) is 40.7 Å². The lowest BCUT2D eigenvalue weighted by atomic mass is 9.96. The summed E-state index contributed by atoms with van der Waals surface area (Å²) in [5.74, 6) is 1.86. The fourth-order valence-electron chi connectivity index (χ4n) is 2.17. The number of hydrogen-bond donors (Lipinski definition) is 1. The Bertz CT molecular complexity index is 368. The number of H-pyrrole nitrogens is 1. The van der Waals surface area contributed by atoms with E-state index in [9.17, 15) is 4.79 Å². The summed E-state index contributed by atoms with van der Waals surface area (Å²) in [7, 11) is 0. The summed E-state index contributed by atoms with van der Waals surface area (Å²) in [6, 6.07) is 0. The molecule has 0 radical (unpaired) electrons. The van der Waals surface area contributed by atoms with E-state index < -0.39 is 0 Å². The summed E-state index contributed by atoms with van der Waals surface area (Å²) < 4.78 is 5.23. The van der Waals surface area contributed by atoms with Gasteiger partial charge < -0.3 is 14.6 Å². The van der Waals surface area contributed by atoms with Gasteiger partial charge in [0.15, 0.2) is 0 Å². The van der Waals surface area contributed by atoms with Crippen LogP contribution in [0, 0.1) is 5.92 Å². The molecule has 0 unspecified atom stereocenters. The van der Waals surface area contributed by atoms with Crippen LogP contribution in [0.25, 0.3) is 0 Å². The molecule has 18 heavy (non-hydrogen) atoms. The molecule has 1 saturated heterocycles. The molecular weight excluding hydrogens is 230 g/mol. The molecule has 1 N–H and O–H groups in total. The lowest BCUT2D eigenvalue weighted by Crippen LogP contribution is -2.38. The molecule has 1 fully saturated rings. The van der Waals surface area contributed by atoms with Gasteiger partial charge in [0.2, 0.25) is 0 Å². The summed E-state index contributed by atoms with van der Waals surface area (Å²) in [5, 5.41) is 0. The predicted octanol–water partition coefficient (Wildman–Crippen LogP) is 2.38. The number of carbonyl (C=O) groups is 1. The van der Waals surface area contributed by atoms with Crippen LogP contribution >= 0.6 is 0 Å². The van der Waals surface area contributed by atoms with Crippen molar-refractivity contribution in [2.75, 3.05) is 19.7 Å². The molecule has 5 nitrogen and oxygen atoms in total. The summed E-state index contributed by atoms with van der Waals surface area (Å²) in [4.78, 5) is 21.0. The van der Waals surface area contributed by atoms with Crippen molar-refractivity contribution in [3.05, 3.63) is 18.2 Å². The highest BCUT2D eigenvalue weighted by atomic mass is 16.6. The van der Waals surface area contributed by atoms with Gasteiger partial charge in [-0.25, -0.2) is 9.78 Å². The highest BCUT2D eigenvalue weighted by Crippen LogP contribution is 2.25. The number of nitrogens with zero attached hydrogens (tertiary/aromatic N) is 2. The van der Waals surface area contributed by atoms with Gasteiger partial charge in [-0.1, -0.05) is 13.8 Å². The van der Waals surface area contributed by atoms with Gasteiger partial charge in [0.1, 0.15) is 5.82 Å². The lowest BCUT2D eigenvalue weighted by Gasteiger charge is -2.30. The maximum Gasteiger partial charge on any atom is 0.409 e. The maximum atomic E-state index is 11.8. The molecule has 5 heteroatoms. The van der Waals surface area contributed by atoms with Gasteiger partial charge in [0.25, 0.3) is 0 Å². The van der Waals surface area contributed by atoms with E-state index in [0.29, 0.717) is 18.4 Å². The van der Waals surface area contributed by atoms with Gasteiger partial charge >= 0.3 is 6.09 Å². The standard InChI is InChI=1S/C13H21N3O2/c1-10(2)9-18-13(17)16-7-3-11(4-8-16)12-14-5-6-15-12/h5-6,10-11H,3-4,7-9H2,1-2H3,(H,14,15). The van der Waals surface area contributed by atoms with Gasteiger partial charge in [-0.2, -0.15) is 0 Å². The molecule has 0 atom stereocenters. The quantitative estimate of drug-likeness (QED) is 0.897. The smallest absolute Gasteiger partial charge is 0.409 e. The Morgan fingerprint density at radius 3 is 2.83 bits per heavy atom. The molecule has 2 heterocycles. The van der Waals surface area contributed by atoms with Gasteiger partial charge in [-0.3, -0.25) is 0 Å². The SMILES string of the molecule is CC(C)COC(=O)N1CCC(c2ncc[nH]2)CC1. The third kappa shape index (κ3) is 3.24. The Balaban J connectivity index is 1.78. The number of hydrogen-bond acceptors (Lipinski definition) is 3. The van der Waals surface area contributed by atoms with E-state index in [4.69, 9.17) is 4.74 Å². The molecule has 0 aromatic carbocycles. The second kappa shape index (κ2) is 5.89. The average molecular weight is 251 g/mol. The van der Waals surface area contributed by atoms with Crippen molar-refractivity contribution < 1.29 is 9.53 Å². The van der Waals surface area contributed by atoms with Crippen LogP contribution in [0.15, 0.2) is 12.4 Å². The average Bonchev–Trinajstić information content (AvgIpc) is 2.90. The first-order valence-corrected chi connectivity index (χ1v) is 6.57. The summed E-state index contributed by atoms with van der Waals surface area (Å²) in [5.41, 5.74) is 0. The van der Waals surface area contributed by atoms with Gasteiger partial charge in [0, 0.05) is 31.4 Å². The molecule has 0 aliphatic carbocycles. The topological polar surface area (TPSA) is 58.2 Å². The van der Waals surface area contributed by atoms with E-state index in [0.717, 1.165) is 31.8 Å². The number of likely N-dealkylation sites (tertiary alicyclic amines) is 1. The summed E-state index contributed by atoms with van der Waals surface area (Å²) in [6.07, 6.45) is 5.34. The second-order valence-corrected chi connectivity index (χ2v) is 5.21. The molecule has 1 aliphatic rings. The first kappa shape index (κ1) is 12.9. The first-order chi connectivity index (χ1) is 8.66. The number of carbonyl (C=O) groups excluding carboxylic acids is 1. The van der Waals surface area contributed by atoms with Crippen molar-refractivity contribution in [1.29, 1.82) is 0 Å². The van der Waals surface area contributed by atoms with Crippen LogP contribution < -0.4 is 0 Å². The van der Waals surface area contributed by atoms with E-state index in [-0.39, 0.29) is 6.09 Å². The van der Waals surface area contributed by atoms with Crippen molar-refractivity contribution in [3.63, 3.8) is 0 Å². The number of aromatic nitrogens is 2. The van der Waals surface area contributed by atoms with Gasteiger partial charge in [0.05, 0.1) is 6.61 Å². The molecule has 2 rings (SSSR count). The number of ether oxygens (including phenoxy) is 1. The van der Waals surface area contributed by atoms with Crippen LogP contribution in [0.2, 0.25) is 0 Å². The minimum atomic E-state index is -0.179. The number of rotatable bonds is 3. The highest BCUT2D eigenvalue weighted by Gasteiger charge is 2.25. The van der Waals surface area contributed by atoms with Crippen LogP contribution in [-0.2, 0) is 4.74 Å². The maximum absolute atomic E-state index is 11.8. The minimum Gasteiger partial charge on any atom is -0.449 e. The molecule has 1 amide bonds. The van der Waals surface area contributed by atoms with Crippen molar-refractivity contribution >= 4 is 6.09 Å². The van der Waals surface area contributed by atoms with E-state index >= 15 is 0 Å². The third-order valence-corrected chi connectivity index (χ3v) is 3.20. The molecule has 0 bridgehead atoms. The summed E-state index contributed by atoms with van der Waals surface area (Å²) >= 11 is 0. The Labute approximate surface area is 108 Å². The molecule has 1 aromatic rings. The Kier molecular flexibility index (Phi) is 4.23. The molecule has 100 valence electrons. The van der Waals surface area contributed by atoms with Crippen molar-refractivity contribution in [2.45, 2.75) is 32.6 Å². The second-order valence-electron chi connectivity index (χ2n) is 5.21. The van der Waals surface area contributed by atoms with E-state index in [2.05, 4.69) is 9.97 Å². The molecule has 1 aromatic heterocycles. The van der Waals surface area contributed by atoms with E-state index in [1.807, 2.05) is 20.0 Å². The molecule has 0 saturated carbocycles. The van der Waals surface area contributed by atoms with E-state index in [1.54, 1.807) is 11.1 Å². The van der Waals surface area contributed by atoms with Gasteiger partial charge in [-0.05, 0) is 18.8 Å². The zero-order valence-corrected chi connectivity index (χ0v) is 11.1. The first-order valence-electron chi connectivity index (χ1n) is 6.57. The fraction of sp³-hybridized carbons (Fsp3) is 0.692. The van der Waals surface area contributed by atoms with Gasteiger partial charge in [-0.15, -0.1) is 0 Å². The van der Waals surface area contributed by atoms with Crippen molar-refractivity contribution in [2.24, 2.45) is 5.92 Å². The lowest BCUT2D eigenvalue weighted by molar-refractivity contribution is 0.0831. The van der Waals surface area contributed by atoms with Crippen molar-refractivity contribution in [1.82, 2.24) is 14.9 Å². The zero-order chi connectivity index (χ0) is 13.0. The van der Waals surface area contributed by atoms with Crippen LogP contribution in [0.4, 0.5) is 4.79 Å². The Morgan fingerprint density at radius 2 is 2.28 bits per heavy atom. The number of imidazole rings is 1. The van der Waals surface area contributed by atoms with Crippen LogP contribution in [0.3, 0.4) is 0 Å². The zero-order valence-electron chi connectivity index (χ0n) is 11.1. The molecule has 1 aliphatic heterocycles. The Morgan fingerprint density at radius 1 is 1.56 bits per heavy atom. The normalized spacial score (nSPS) is 17.2. The number of piperidine rings is 1. The van der Waals surface area contributed by atoms with E-state index in [1.165, 1.54) is 0 Å². The largest absolute Gasteiger partial charge is 0.449 e. The Hall–Kier alpha value is -1.52. The van der Waals surface area contributed by atoms with Crippen LogP contribution in [0.1, 0.15) is 38.4 Å². The highest BCUT2D eigenvalue weighted by molar-refractivity contribution is 5.67. The number of nitrogens with one attached hydrogen (secondary N) is 1. The minimum absolute atomic E-state index is 0.179. The summed E-state index contributed by atoms with van der Waals surface area (Å²) in [6.45, 7) is 6.08.